The van der Waals surface area contributed by atoms with Gasteiger partial charge in [0.1, 0.15) is 11.6 Å². The highest BCUT2D eigenvalue weighted by molar-refractivity contribution is 5.87. The Kier molecular flexibility index (Phi) is 3.98. The summed E-state index contributed by atoms with van der Waals surface area (Å²) < 4.78 is 27.2. The molecule has 0 aliphatic rings. The molecule has 0 bridgehead atoms. The van der Waals surface area contributed by atoms with Crippen molar-refractivity contribution in [3.05, 3.63) is 64.7 Å². The average molecular weight is 277 g/mol. The summed E-state index contributed by atoms with van der Waals surface area (Å²) in [7, 11) is 0. The second-order valence-electron chi connectivity index (χ2n) is 4.45. The Morgan fingerprint density at radius 2 is 1.90 bits per heavy atom. The van der Waals surface area contributed by atoms with E-state index in [0.717, 1.165) is 11.6 Å². The van der Waals surface area contributed by atoms with Gasteiger partial charge in [-0.3, -0.25) is 0 Å². The van der Waals surface area contributed by atoms with E-state index in [2.05, 4.69) is 5.32 Å². The molecule has 5 heteroatoms. The minimum absolute atomic E-state index is 0.00687. The molecule has 0 amide bonds. The maximum Gasteiger partial charge on any atom is 0.335 e. The third-order valence-corrected chi connectivity index (χ3v) is 2.89. The first kappa shape index (κ1) is 14.0. The molecule has 0 radical (unpaired) electrons. The van der Waals surface area contributed by atoms with Gasteiger partial charge in [-0.2, -0.15) is 0 Å². The van der Waals surface area contributed by atoms with E-state index in [1.165, 1.54) is 18.2 Å². The molecule has 0 aromatic heterocycles. The first-order valence-corrected chi connectivity index (χ1v) is 5.99. The SMILES string of the molecule is Cc1ccc(NCc2cc(C(=O)O)ccc2F)c(F)c1. The standard InChI is InChI=1S/C15H13F2NO2/c1-9-2-5-14(13(17)6-9)18-8-11-7-10(15(19)20)3-4-12(11)16/h2-7,18H,8H2,1H3,(H,19,20). The van der Waals surface area contributed by atoms with Crippen molar-refractivity contribution in [3.63, 3.8) is 0 Å². The first-order valence-electron chi connectivity index (χ1n) is 5.99. The van der Waals surface area contributed by atoms with Crippen LogP contribution in [0.2, 0.25) is 0 Å². The average Bonchev–Trinajstić information content (AvgIpc) is 2.39. The quantitative estimate of drug-likeness (QED) is 0.898. The number of halogens is 2. The molecule has 0 saturated carbocycles. The number of aromatic carboxylic acids is 1. The summed E-state index contributed by atoms with van der Waals surface area (Å²) in [5, 5.41) is 11.6. The maximum absolute atomic E-state index is 13.6. The van der Waals surface area contributed by atoms with Crippen molar-refractivity contribution < 1.29 is 18.7 Å². The van der Waals surface area contributed by atoms with Crippen LogP contribution < -0.4 is 5.32 Å². The lowest BCUT2D eigenvalue weighted by atomic mass is 10.1. The summed E-state index contributed by atoms with van der Waals surface area (Å²) in [6.07, 6.45) is 0. The Bertz CT molecular complexity index is 656. The van der Waals surface area contributed by atoms with E-state index in [9.17, 15) is 13.6 Å². The molecule has 0 saturated heterocycles. The van der Waals surface area contributed by atoms with Crippen LogP contribution >= 0.6 is 0 Å². The van der Waals surface area contributed by atoms with Crippen LogP contribution in [0.5, 0.6) is 0 Å². The van der Waals surface area contributed by atoms with Gasteiger partial charge in [0.25, 0.3) is 0 Å². The normalized spacial score (nSPS) is 10.3. The van der Waals surface area contributed by atoms with Gasteiger partial charge in [-0.1, -0.05) is 6.07 Å². The van der Waals surface area contributed by atoms with E-state index in [0.29, 0.717) is 0 Å². The van der Waals surface area contributed by atoms with E-state index in [1.54, 1.807) is 19.1 Å². The summed E-state index contributed by atoms with van der Waals surface area (Å²) in [5.41, 5.74) is 1.19. The van der Waals surface area contributed by atoms with E-state index in [1.807, 2.05) is 0 Å². The van der Waals surface area contributed by atoms with E-state index in [-0.39, 0.29) is 23.4 Å². The van der Waals surface area contributed by atoms with Crippen LogP contribution in [0, 0.1) is 18.6 Å². The molecule has 20 heavy (non-hydrogen) atoms. The molecular weight excluding hydrogens is 264 g/mol. The fraction of sp³-hybridized carbons (Fsp3) is 0.133. The topological polar surface area (TPSA) is 49.3 Å². The van der Waals surface area contributed by atoms with E-state index >= 15 is 0 Å². The van der Waals surface area contributed by atoms with Crippen LogP contribution in [0.15, 0.2) is 36.4 Å². The molecule has 0 atom stereocenters. The van der Waals surface area contributed by atoms with Crippen molar-refractivity contribution in [3.8, 4) is 0 Å². The summed E-state index contributed by atoms with van der Waals surface area (Å²) >= 11 is 0. The highest BCUT2D eigenvalue weighted by Gasteiger charge is 2.09. The summed E-state index contributed by atoms with van der Waals surface area (Å²) in [6, 6.07) is 8.17. The number of nitrogens with one attached hydrogen (secondary N) is 1. The fourth-order valence-electron chi connectivity index (χ4n) is 1.80. The molecule has 0 aliphatic heterocycles. The van der Waals surface area contributed by atoms with Crippen molar-refractivity contribution in [2.45, 2.75) is 13.5 Å². The largest absolute Gasteiger partial charge is 0.478 e. The molecule has 0 spiro atoms. The molecule has 2 aromatic carbocycles. The summed E-state index contributed by atoms with van der Waals surface area (Å²) in [5.74, 6) is -2.09. The number of carboxylic acids is 1. The van der Waals surface area contributed by atoms with Crippen LogP contribution in [0.4, 0.5) is 14.5 Å². The molecule has 0 fully saturated rings. The zero-order chi connectivity index (χ0) is 14.7. The Balaban J connectivity index is 2.18. The molecule has 2 aromatic rings. The fourth-order valence-corrected chi connectivity index (χ4v) is 1.80. The van der Waals surface area contributed by atoms with Gasteiger partial charge >= 0.3 is 5.97 Å². The molecule has 0 aliphatic carbocycles. The van der Waals surface area contributed by atoms with Crippen molar-refractivity contribution in [1.29, 1.82) is 0 Å². The number of rotatable bonds is 4. The smallest absolute Gasteiger partial charge is 0.335 e. The number of hydrogen-bond donors (Lipinski definition) is 2. The lowest BCUT2D eigenvalue weighted by Crippen LogP contribution is -2.06. The van der Waals surface area contributed by atoms with Crippen LogP contribution in [0.1, 0.15) is 21.5 Å². The van der Waals surface area contributed by atoms with Gasteiger partial charge in [-0.15, -0.1) is 0 Å². The van der Waals surface area contributed by atoms with Gasteiger partial charge in [0.15, 0.2) is 0 Å². The third-order valence-electron chi connectivity index (χ3n) is 2.89. The van der Waals surface area contributed by atoms with E-state index < -0.39 is 17.6 Å². The highest BCUT2D eigenvalue weighted by atomic mass is 19.1. The highest BCUT2D eigenvalue weighted by Crippen LogP contribution is 2.18. The first-order chi connectivity index (χ1) is 9.47. The predicted octanol–water partition coefficient (Wildman–Crippen LogP) is 3.58. The lowest BCUT2D eigenvalue weighted by Gasteiger charge is -2.09. The summed E-state index contributed by atoms with van der Waals surface area (Å²) in [6.45, 7) is 1.77. The van der Waals surface area contributed by atoms with Crippen molar-refractivity contribution in [1.82, 2.24) is 0 Å². The van der Waals surface area contributed by atoms with Gasteiger partial charge in [-0.25, -0.2) is 13.6 Å². The molecule has 0 unspecified atom stereocenters. The Labute approximate surface area is 114 Å². The lowest BCUT2D eigenvalue weighted by molar-refractivity contribution is 0.0696. The number of aryl methyl sites for hydroxylation is 1. The van der Waals surface area contributed by atoms with Crippen molar-refractivity contribution >= 4 is 11.7 Å². The van der Waals surface area contributed by atoms with Crippen molar-refractivity contribution in [2.24, 2.45) is 0 Å². The molecule has 104 valence electrons. The second kappa shape index (κ2) is 5.69. The van der Waals surface area contributed by atoms with E-state index in [4.69, 9.17) is 5.11 Å². The minimum atomic E-state index is -1.13. The second-order valence-corrected chi connectivity index (χ2v) is 4.45. The number of anilines is 1. The minimum Gasteiger partial charge on any atom is -0.478 e. The summed E-state index contributed by atoms with van der Waals surface area (Å²) in [4.78, 5) is 10.8. The zero-order valence-electron chi connectivity index (χ0n) is 10.8. The Morgan fingerprint density at radius 3 is 2.55 bits per heavy atom. The van der Waals surface area contributed by atoms with Gasteiger partial charge in [0.2, 0.25) is 0 Å². The molecular formula is C15H13F2NO2. The monoisotopic (exact) mass is 277 g/mol. The van der Waals surface area contributed by atoms with Gasteiger partial charge < -0.3 is 10.4 Å². The zero-order valence-corrected chi connectivity index (χ0v) is 10.8. The number of carbonyl (C=O) groups is 1. The van der Waals surface area contributed by atoms with Crippen LogP contribution in [0.3, 0.4) is 0 Å². The Hall–Kier alpha value is -2.43. The number of carboxylic acid groups (broad SMARTS) is 1. The van der Waals surface area contributed by atoms with Crippen LogP contribution in [0.25, 0.3) is 0 Å². The molecule has 2 N–H and O–H groups in total. The van der Waals surface area contributed by atoms with Gasteiger partial charge in [0.05, 0.1) is 11.3 Å². The maximum atomic E-state index is 13.6. The van der Waals surface area contributed by atoms with Crippen LogP contribution in [-0.4, -0.2) is 11.1 Å². The molecule has 2 rings (SSSR count). The predicted molar refractivity (Wildman–Crippen MR) is 71.8 cm³/mol. The number of benzene rings is 2. The molecule has 0 heterocycles. The van der Waals surface area contributed by atoms with Gasteiger partial charge in [-0.05, 0) is 42.8 Å². The molecule has 3 nitrogen and oxygen atoms in total. The third kappa shape index (κ3) is 3.12. The number of hydrogen-bond acceptors (Lipinski definition) is 2. The van der Waals surface area contributed by atoms with Crippen molar-refractivity contribution in [2.75, 3.05) is 5.32 Å². The van der Waals surface area contributed by atoms with Crippen LogP contribution in [-0.2, 0) is 6.54 Å². The van der Waals surface area contributed by atoms with Gasteiger partial charge in [0, 0.05) is 12.1 Å². The Morgan fingerprint density at radius 1 is 1.15 bits per heavy atom.